The molecule has 1 aromatic rings. The Kier molecular flexibility index (Phi) is 10.0. The number of esters is 1. The standard InChI is InChI=1S/C27H36F3N5O4/c1-5-12-35-21(17-33-13-7-14-34(16-15-33)25(37)31-18(3)4)22(24(36)39-6-2)23(32-26(35)38)19-8-10-20(11-9-19)27(28,29)30/h5,8-11,18,23H,1,6-7,12-17H2,2-4H3,(H,31,37)(H,32,38)/t23-/m0/s1. The minimum atomic E-state index is -4.52. The van der Waals surface area contributed by atoms with Crippen LogP contribution in [-0.2, 0) is 15.7 Å². The summed E-state index contributed by atoms with van der Waals surface area (Å²) >= 11 is 0. The first-order valence-electron chi connectivity index (χ1n) is 13.0. The van der Waals surface area contributed by atoms with Gasteiger partial charge < -0.3 is 20.3 Å². The quantitative estimate of drug-likeness (QED) is 0.378. The molecule has 3 rings (SSSR count). The summed E-state index contributed by atoms with van der Waals surface area (Å²) < 4.78 is 44.8. The second-order valence-corrected chi connectivity index (χ2v) is 9.70. The highest BCUT2D eigenvalue weighted by Gasteiger charge is 2.39. The monoisotopic (exact) mass is 551 g/mol. The molecule has 214 valence electrons. The van der Waals surface area contributed by atoms with E-state index in [1.165, 1.54) is 23.1 Å². The van der Waals surface area contributed by atoms with Gasteiger partial charge in [-0.3, -0.25) is 9.80 Å². The van der Waals surface area contributed by atoms with Gasteiger partial charge in [-0.05, 0) is 44.9 Å². The van der Waals surface area contributed by atoms with Gasteiger partial charge in [-0.25, -0.2) is 14.4 Å². The van der Waals surface area contributed by atoms with Crippen molar-refractivity contribution >= 4 is 18.0 Å². The molecule has 2 aliphatic heterocycles. The molecule has 1 atom stereocenters. The highest BCUT2D eigenvalue weighted by atomic mass is 19.4. The van der Waals surface area contributed by atoms with Gasteiger partial charge in [-0.1, -0.05) is 18.2 Å². The molecule has 0 saturated carbocycles. The molecule has 12 heteroatoms. The van der Waals surface area contributed by atoms with Gasteiger partial charge in [0.2, 0.25) is 0 Å². The fourth-order valence-corrected chi connectivity index (χ4v) is 4.64. The Bertz CT molecular complexity index is 1090. The van der Waals surface area contributed by atoms with E-state index in [1.54, 1.807) is 11.8 Å². The van der Waals surface area contributed by atoms with Crippen molar-refractivity contribution in [3.8, 4) is 0 Å². The second-order valence-electron chi connectivity index (χ2n) is 9.70. The lowest BCUT2D eigenvalue weighted by molar-refractivity contribution is -0.139. The first-order valence-corrected chi connectivity index (χ1v) is 13.0. The van der Waals surface area contributed by atoms with Crippen LogP contribution in [0.3, 0.4) is 0 Å². The number of amides is 4. The largest absolute Gasteiger partial charge is 0.463 e. The lowest BCUT2D eigenvalue weighted by Crippen LogP contribution is -2.51. The maximum atomic E-state index is 13.3. The summed E-state index contributed by atoms with van der Waals surface area (Å²) in [5.74, 6) is -0.667. The number of ether oxygens (including phenoxy) is 1. The minimum Gasteiger partial charge on any atom is -0.463 e. The van der Waals surface area contributed by atoms with Crippen molar-refractivity contribution in [3.05, 3.63) is 59.3 Å². The SMILES string of the molecule is C=CCN1C(=O)N[C@@H](c2ccc(C(F)(F)F)cc2)C(C(=O)OCC)=C1CN1CCCN(C(=O)NC(C)C)CC1. The number of urea groups is 2. The van der Waals surface area contributed by atoms with Crippen molar-refractivity contribution in [1.82, 2.24) is 25.3 Å². The third kappa shape index (κ3) is 7.53. The number of hydrogen-bond acceptors (Lipinski definition) is 5. The lowest BCUT2D eigenvalue weighted by atomic mass is 9.93. The van der Waals surface area contributed by atoms with Gasteiger partial charge in [-0.2, -0.15) is 13.2 Å². The van der Waals surface area contributed by atoms with E-state index < -0.39 is 29.8 Å². The van der Waals surface area contributed by atoms with Gasteiger partial charge in [0.05, 0.1) is 23.8 Å². The molecular weight excluding hydrogens is 515 g/mol. The molecule has 0 aromatic heterocycles. The molecule has 2 aliphatic rings. The topological polar surface area (TPSA) is 94.2 Å². The Hall–Kier alpha value is -3.54. The summed E-state index contributed by atoms with van der Waals surface area (Å²) in [5, 5.41) is 5.65. The van der Waals surface area contributed by atoms with Gasteiger partial charge >= 0.3 is 24.2 Å². The second kappa shape index (κ2) is 13.0. The molecule has 1 saturated heterocycles. The van der Waals surface area contributed by atoms with E-state index in [4.69, 9.17) is 4.74 Å². The zero-order valence-corrected chi connectivity index (χ0v) is 22.5. The highest BCUT2D eigenvalue weighted by molar-refractivity contribution is 5.95. The van der Waals surface area contributed by atoms with Crippen LogP contribution in [0.4, 0.5) is 22.8 Å². The van der Waals surface area contributed by atoms with Crippen molar-refractivity contribution in [3.63, 3.8) is 0 Å². The zero-order chi connectivity index (χ0) is 28.7. The van der Waals surface area contributed by atoms with Crippen LogP contribution < -0.4 is 10.6 Å². The normalized spacial score (nSPS) is 19.1. The predicted molar refractivity (Wildman–Crippen MR) is 140 cm³/mol. The van der Waals surface area contributed by atoms with Crippen LogP contribution in [0.2, 0.25) is 0 Å². The molecule has 4 amide bonds. The molecular formula is C27H36F3N5O4. The molecule has 0 spiro atoms. The summed E-state index contributed by atoms with van der Waals surface area (Å²) in [6.45, 7) is 11.7. The van der Waals surface area contributed by atoms with Gasteiger partial charge in [0.15, 0.2) is 0 Å². The molecule has 2 heterocycles. The van der Waals surface area contributed by atoms with Crippen LogP contribution in [0, 0.1) is 0 Å². The Morgan fingerprint density at radius 1 is 1.18 bits per heavy atom. The van der Waals surface area contributed by atoms with Crippen molar-refractivity contribution in [2.24, 2.45) is 0 Å². The molecule has 9 nitrogen and oxygen atoms in total. The van der Waals surface area contributed by atoms with Crippen LogP contribution >= 0.6 is 0 Å². The number of alkyl halides is 3. The number of hydrogen-bond donors (Lipinski definition) is 2. The first-order chi connectivity index (χ1) is 18.5. The fraction of sp³-hybridized carbons (Fsp3) is 0.519. The zero-order valence-electron chi connectivity index (χ0n) is 22.5. The maximum Gasteiger partial charge on any atom is 0.416 e. The van der Waals surface area contributed by atoms with E-state index in [0.29, 0.717) is 43.9 Å². The summed E-state index contributed by atoms with van der Waals surface area (Å²) in [5.41, 5.74) is 0.0283. The maximum absolute atomic E-state index is 13.3. The third-order valence-corrected chi connectivity index (χ3v) is 6.48. The summed E-state index contributed by atoms with van der Waals surface area (Å²) in [6, 6.07) is 2.70. The van der Waals surface area contributed by atoms with E-state index in [9.17, 15) is 27.6 Å². The van der Waals surface area contributed by atoms with Crippen molar-refractivity contribution in [2.75, 3.05) is 45.9 Å². The summed E-state index contributed by atoms with van der Waals surface area (Å²) in [7, 11) is 0. The number of benzene rings is 1. The van der Waals surface area contributed by atoms with Crippen molar-refractivity contribution in [1.29, 1.82) is 0 Å². The fourth-order valence-electron chi connectivity index (χ4n) is 4.64. The van der Waals surface area contributed by atoms with E-state index in [0.717, 1.165) is 12.1 Å². The number of rotatable bonds is 8. The highest BCUT2D eigenvalue weighted by Crippen LogP contribution is 2.35. The molecule has 0 bridgehead atoms. The summed E-state index contributed by atoms with van der Waals surface area (Å²) in [4.78, 5) is 44.2. The molecule has 1 fully saturated rings. The van der Waals surface area contributed by atoms with Gasteiger partial charge in [0, 0.05) is 51.0 Å². The number of halogens is 3. The average Bonchev–Trinajstić information content (AvgIpc) is 3.11. The lowest BCUT2D eigenvalue weighted by Gasteiger charge is -2.38. The number of nitrogens with zero attached hydrogens (tertiary/aromatic N) is 3. The van der Waals surface area contributed by atoms with E-state index in [-0.39, 0.29) is 37.3 Å². The molecule has 0 radical (unpaired) electrons. The average molecular weight is 552 g/mol. The third-order valence-electron chi connectivity index (χ3n) is 6.48. The Morgan fingerprint density at radius 3 is 2.46 bits per heavy atom. The Morgan fingerprint density at radius 2 is 1.87 bits per heavy atom. The smallest absolute Gasteiger partial charge is 0.416 e. The van der Waals surface area contributed by atoms with Gasteiger partial charge in [-0.15, -0.1) is 6.58 Å². The number of nitrogens with one attached hydrogen (secondary N) is 2. The Balaban J connectivity index is 1.98. The van der Waals surface area contributed by atoms with E-state index in [1.807, 2.05) is 13.8 Å². The van der Waals surface area contributed by atoms with Gasteiger partial charge in [0.1, 0.15) is 0 Å². The van der Waals surface area contributed by atoms with Crippen molar-refractivity contribution in [2.45, 2.75) is 45.5 Å². The van der Waals surface area contributed by atoms with Crippen LogP contribution in [0.25, 0.3) is 0 Å². The number of carbonyl (C=O) groups is 3. The van der Waals surface area contributed by atoms with Crippen LogP contribution in [0.15, 0.2) is 48.2 Å². The molecule has 39 heavy (non-hydrogen) atoms. The van der Waals surface area contributed by atoms with E-state index in [2.05, 4.69) is 22.1 Å². The molecule has 0 aliphatic carbocycles. The van der Waals surface area contributed by atoms with Crippen LogP contribution in [0.1, 0.15) is 44.4 Å². The van der Waals surface area contributed by atoms with Crippen LogP contribution in [0.5, 0.6) is 0 Å². The van der Waals surface area contributed by atoms with Gasteiger partial charge in [0.25, 0.3) is 0 Å². The molecule has 1 aromatic carbocycles. The first kappa shape index (κ1) is 30.0. The van der Waals surface area contributed by atoms with E-state index >= 15 is 0 Å². The van der Waals surface area contributed by atoms with Crippen molar-refractivity contribution < 1.29 is 32.3 Å². The molecule has 0 unspecified atom stereocenters. The number of carbonyl (C=O) groups excluding carboxylic acids is 3. The molecule has 2 N–H and O–H groups in total. The minimum absolute atomic E-state index is 0.00416. The Labute approximate surface area is 226 Å². The van der Waals surface area contributed by atoms with Crippen LogP contribution in [-0.4, -0.2) is 84.6 Å². The summed E-state index contributed by atoms with van der Waals surface area (Å²) in [6.07, 6.45) is -2.31. The predicted octanol–water partition coefficient (Wildman–Crippen LogP) is 3.90.